The second kappa shape index (κ2) is 12.0. The first-order valence-electron chi connectivity index (χ1n) is 9.58. The van der Waals surface area contributed by atoms with Crippen molar-refractivity contribution in [3.63, 3.8) is 0 Å². The van der Waals surface area contributed by atoms with Crippen molar-refractivity contribution in [3.05, 3.63) is 65.7 Å². The summed E-state index contributed by atoms with van der Waals surface area (Å²) in [6, 6.07) is 18.1. The van der Waals surface area contributed by atoms with E-state index in [2.05, 4.69) is 34.7 Å². The van der Waals surface area contributed by atoms with Gasteiger partial charge in [-0.2, -0.15) is 0 Å². The fourth-order valence-electron chi connectivity index (χ4n) is 2.72. The predicted octanol–water partition coefficient (Wildman–Crippen LogP) is 3.31. The van der Waals surface area contributed by atoms with Crippen LogP contribution < -0.4 is 15.4 Å². The first-order valence-corrected chi connectivity index (χ1v) is 9.58. The van der Waals surface area contributed by atoms with Gasteiger partial charge in [0.05, 0.1) is 13.2 Å². The molecule has 5 nitrogen and oxygen atoms in total. The number of unbranched alkanes of at least 4 members (excludes halogenated alkanes) is 1. The standard InChI is InChI=1S/C22H31N3O2/c1-3-4-13-27-21-12-8-9-18(14-21)15-24-22(23-2)25-16-20(17-26)19-10-6-5-7-11-19/h5-12,14,20,26H,3-4,13,15-17H2,1-2H3,(H2,23,24,25). The number of ether oxygens (including phenoxy) is 1. The second-order valence-corrected chi connectivity index (χ2v) is 6.45. The van der Waals surface area contributed by atoms with Crippen LogP contribution in [0.15, 0.2) is 59.6 Å². The number of hydrogen-bond acceptors (Lipinski definition) is 3. The summed E-state index contributed by atoms with van der Waals surface area (Å²) in [6.45, 7) is 4.26. The number of aliphatic imine (C=N–C) groups is 1. The third kappa shape index (κ3) is 7.31. The van der Waals surface area contributed by atoms with E-state index in [9.17, 15) is 5.11 Å². The first-order chi connectivity index (χ1) is 13.3. The molecule has 2 aromatic rings. The van der Waals surface area contributed by atoms with E-state index in [0.717, 1.165) is 36.3 Å². The molecular formula is C22H31N3O2. The molecule has 0 aliphatic carbocycles. The monoisotopic (exact) mass is 369 g/mol. The number of guanidine groups is 1. The fourth-order valence-corrected chi connectivity index (χ4v) is 2.72. The van der Waals surface area contributed by atoms with Crippen LogP contribution in [0.1, 0.15) is 36.8 Å². The van der Waals surface area contributed by atoms with Crippen LogP contribution in [0.4, 0.5) is 0 Å². The molecule has 0 heterocycles. The maximum absolute atomic E-state index is 9.68. The lowest BCUT2D eigenvalue weighted by Crippen LogP contribution is -2.39. The molecule has 2 rings (SSSR count). The zero-order valence-electron chi connectivity index (χ0n) is 16.3. The number of aliphatic hydroxyl groups excluding tert-OH is 1. The average Bonchev–Trinajstić information content (AvgIpc) is 2.72. The van der Waals surface area contributed by atoms with Gasteiger partial charge in [-0.15, -0.1) is 0 Å². The summed E-state index contributed by atoms with van der Waals surface area (Å²) in [5, 5.41) is 16.3. The molecule has 1 atom stereocenters. The second-order valence-electron chi connectivity index (χ2n) is 6.45. The lowest BCUT2D eigenvalue weighted by atomic mass is 10.0. The van der Waals surface area contributed by atoms with Gasteiger partial charge in [0, 0.05) is 26.1 Å². The van der Waals surface area contributed by atoms with Crippen LogP contribution >= 0.6 is 0 Å². The number of nitrogens with one attached hydrogen (secondary N) is 2. The van der Waals surface area contributed by atoms with Crippen molar-refractivity contribution in [2.45, 2.75) is 32.2 Å². The van der Waals surface area contributed by atoms with Crippen LogP contribution in [0.3, 0.4) is 0 Å². The summed E-state index contributed by atoms with van der Waals surface area (Å²) in [5.41, 5.74) is 2.24. The Morgan fingerprint density at radius 3 is 2.63 bits per heavy atom. The average molecular weight is 370 g/mol. The molecule has 146 valence electrons. The number of nitrogens with zero attached hydrogens (tertiary/aromatic N) is 1. The minimum absolute atomic E-state index is 0.0278. The Morgan fingerprint density at radius 2 is 1.93 bits per heavy atom. The van der Waals surface area contributed by atoms with Crippen molar-refractivity contribution in [1.29, 1.82) is 0 Å². The highest BCUT2D eigenvalue weighted by Crippen LogP contribution is 2.14. The normalized spacial score (nSPS) is 12.5. The van der Waals surface area contributed by atoms with Gasteiger partial charge in [0.25, 0.3) is 0 Å². The van der Waals surface area contributed by atoms with E-state index in [1.54, 1.807) is 7.05 Å². The molecule has 1 unspecified atom stereocenters. The van der Waals surface area contributed by atoms with Gasteiger partial charge in [0.2, 0.25) is 0 Å². The van der Waals surface area contributed by atoms with Gasteiger partial charge in [-0.25, -0.2) is 0 Å². The summed E-state index contributed by atoms with van der Waals surface area (Å²) in [6.07, 6.45) is 2.19. The van der Waals surface area contributed by atoms with E-state index >= 15 is 0 Å². The van der Waals surface area contributed by atoms with Crippen LogP contribution in [0, 0.1) is 0 Å². The smallest absolute Gasteiger partial charge is 0.191 e. The van der Waals surface area contributed by atoms with Crippen molar-refractivity contribution in [3.8, 4) is 5.75 Å². The van der Waals surface area contributed by atoms with E-state index in [1.165, 1.54) is 0 Å². The molecule has 27 heavy (non-hydrogen) atoms. The van der Waals surface area contributed by atoms with Gasteiger partial charge >= 0.3 is 0 Å². The Balaban J connectivity index is 1.84. The first kappa shape index (κ1) is 20.8. The van der Waals surface area contributed by atoms with Crippen LogP contribution in [-0.4, -0.2) is 37.9 Å². The Kier molecular flexibility index (Phi) is 9.21. The van der Waals surface area contributed by atoms with E-state index in [0.29, 0.717) is 19.0 Å². The van der Waals surface area contributed by atoms with Crippen molar-refractivity contribution in [1.82, 2.24) is 10.6 Å². The highest BCUT2D eigenvalue weighted by Gasteiger charge is 2.10. The number of aliphatic hydroxyl groups is 1. The minimum Gasteiger partial charge on any atom is -0.494 e. The summed E-state index contributed by atoms with van der Waals surface area (Å²) >= 11 is 0. The Bertz CT molecular complexity index is 689. The van der Waals surface area contributed by atoms with E-state index < -0.39 is 0 Å². The summed E-state index contributed by atoms with van der Waals surface area (Å²) < 4.78 is 5.76. The molecule has 0 amide bonds. The van der Waals surface area contributed by atoms with Gasteiger partial charge in [-0.3, -0.25) is 4.99 Å². The van der Waals surface area contributed by atoms with Crippen molar-refractivity contribution >= 4 is 5.96 Å². The molecule has 0 saturated heterocycles. The van der Waals surface area contributed by atoms with Crippen molar-refractivity contribution in [2.75, 3.05) is 26.8 Å². The van der Waals surface area contributed by atoms with Crippen molar-refractivity contribution < 1.29 is 9.84 Å². The molecule has 0 aliphatic heterocycles. The number of hydrogen-bond donors (Lipinski definition) is 3. The number of rotatable bonds is 10. The summed E-state index contributed by atoms with van der Waals surface area (Å²) in [5.74, 6) is 1.64. The fraction of sp³-hybridized carbons (Fsp3) is 0.409. The van der Waals surface area contributed by atoms with Gasteiger partial charge < -0.3 is 20.5 Å². The maximum atomic E-state index is 9.68. The third-order valence-electron chi connectivity index (χ3n) is 4.36. The highest BCUT2D eigenvalue weighted by atomic mass is 16.5. The lowest BCUT2D eigenvalue weighted by Gasteiger charge is -2.18. The molecule has 0 saturated carbocycles. The SMILES string of the molecule is CCCCOc1cccc(CNC(=NC)NCC(CO)c2ccccc2)c1. The van der Waals surface area contributed by atoms with Crippen LogP contribution in [-0.2, 0) is 6.54 Å². The van der Waals surface area contributed by atoms with Crippen LogP contribution in [0.25, 0.3) is 0 Å². The van der Waals surface area contributed by atoms with Gasteiger partial charge in [-0.1, -0.05) is 55.8 Å². The molecule has 0 fully saturated rings. The van der Waals surface area contributed by atoms with E-state index in [1.807, 2.05) is 42.5 Å². The Hall–Kier alpha value is -2.53. The third-order valence-corrected chi connectivity index (χ3v) is 4.36. The maximum Gasteiger partial charge on any atom is 0.191 e. The zero-order valence-corrected chi connectivity index (χ0v) is 16.3. The molecule has 0 aromatic heterocycles. The molecule has 3 N–H and O–H groups in total. The highest BCUT2D eigenvalue weighted by molar-refractivity contribution is 5.79. The van der Waals surface area contributed by atoms with E-state index in [-0.39, 0.29) is 12.5 Å². The molecule has 5 heteroatoms. The van der Waals surface area contributed by atoms with Gasteiger partial charge in [0.1, 0.15) is 5.75 Å². The molecule has 0 aliphatic rings. The quantitative estimate of drug-likeness (QED) is 0.341. The van der Waals surface area contributed by atoms with Gasteiger partial charge in [-0.05, 0) is 29.7 Å². The largest absolute Gasteiger partial charge is 0.494 e. The Labute approximate surface area is 162 Å². The Morgan fingerprint density at radius 1 is 1.11 bits per heavy atom. The summed E-state index contributed by atoms with van der Waals surface area (Å²) in [7, 11) is 1.75. The van der Waals surface area contributed by atoms with Gasteiger partial charge in [0.15, 0.2) is 5.96 Å². The van der Waals surface area contributed by atoms with E-state index in [4.69, 9.17) is 4.74 Å². The molecular weight excluding hydrogens is 338 g/mol. The minimum atomic E-state index is 0.0278. The molecule has 0 bridgehead atoms. The zero-order chi connectivity index (χ0) is 19.3. The van der Waals surface area contributed by atoms with Crippen molar-refractivity contribution in [2.24, 2.45) is 4.99 Å². The summed E-state index contributed by atoms with van der Waals surface area (Å²) in [4.78, 5) is 4.27. The van der Waals surface area contributed by atoms with Crippen LogP contribution in [0.5, 0.6) is 5.75 Å². The van der Waals surface area contributed by atoms with Crippen LogP contribution in [0.2, 0.25) is 0 Å². The molecule has 0 radical (unpaired) electrons. The molecule has 0 spiro atoms. The molecule has 2 aromatic carbocycles. The topological polar surface area (TPSA) is 65.9 Å². The lowest BCUT2D eigenvalue weighted by molar-refractivity contribution is 0.265. The predicted molar refractivity (Wildman–Crippen MR) is 111 cm³/mol. The number of benzene rings is 2.